The number of carboxylic acids is 1. The maximum atomic E-state index is 14.1. The molecule has 1 heterocycles. The van der Waals surface area contributed by atoms with Crippen LogP contribution in [0.3, 0.4) is 0 Å². The summed E-state index contributed by atoms with van der Waals surface area (Å²) >= 11 is 6.17. The first-order valence-corrected chi connectivity index (χ1v) is 8.30. The number of fused-ring (bicyclic) bond motifs is 1. The molecule has 1 aliphatic heterocycles. The molecule has 148 valence electrons. The van der Waals surface area contributed by atoms with E-state index in [1.807, 2.05) is 0 Å². The average Bonchev–Trinajstić information content (AvgIpc) is 2.61. The summed E-state index contributed by atoms with van der Waals surface area (Å²) in [5.41, 5.74) is -1.08. The quantitative estimate of drug-likeness (QED) is 0.555. The van der Waals surface area contributed by atoms with Crippen LogP contribution in [-0.2, 0) is 11.0 Å². The summed E-state index contributed by atoms with van der Waals surface area (Å²) in [6.45, 7) is 0. The number of aliphatic carboxylic acids is 1. The van der Waals surface area contributed by atoms with Gasteiger partial charge in [0.05, 0.1) is 30.8 Å². The van der Waals surface area contributed by atoms with Gasteiger partial charge in [0.15, 0.2) is 0 Å². The molecule has 1 N–H and O–H groups in total. The molecule has 1 aliphatic rings. The van der Waals surface area contributed by atoms with Gasteiger partial charge in [-0.3, -0.25) is 4.79 Å². The number of alkyl halides is 3. The van der Waals surface area contributed by atoms with Gasteiger partial charge in [0, 0.05) is 5.56 Å². The lowest BCUT2D eigenvalue weighted by Crippen LogP contribution is -2.36. The molecule has 0 bridgehead atoms. The highest BCUT2D eigenvalue weighted by Gasteiger charge is 2.37. The van der Waals surface area contributed by atoms with Crippen LogP contribution in [0.4, 0.5) is 28.9 Å². The van der Waals surface area contributed by atoms with Crippen LogP contribution in [0.25, 0.3) is 0 Å². The van der Waals surface area contributed by atoms with Crippen LogP contribution in [-0.4, -0.2) is 23.5 Å². The molecule has 2 aromatic carbocycles. The van der Waals surface area contributed by atoms with Crippen LogP contribution in [0.2, 0.25) is 0 Å². The van der Waals surface area contributed by atoms with E-state index in [9.17, 15) is 27.5 Å². The number of halogens is 5. The van der Waals surface area contributed by atoms with Crippen molar-refractivity contribution in [3.8, 4) is 5.75 Å². The number of amidine groups is 1. The van der Waals surface area contributed by atoms with E-state index in [1.54, 1.807) is 0 Å². The number of benzene rings is 2. The van der Waals surface area contributed by atoms with Crippen molar-refractivity contribution >= 4 is 34.2 Å². The van der Waals surface area contributed by atoms with Crippen molar-refractivity contribution in [1.29, 1.82) is 0 Å². The molecule has 0 amide bonds. The van der Waals surface area contributed by atoms with Gasteiger partial charge in [0.1, 0.15) is 17.3 Å². The van der Waals surface area contributed by atoms with Gasteiger partial charge in [-0.25, -0.2) is 9.38 Å². The Morgan fingerprint density at radius 3 is 2.64 bits per heavy atom. The number of nitrogens with zero attached hydrogens (tertiary/aromatic N) is 2. The summed E-state index contributed by atoms with van der Waals surface area (Å²) in [6, 6.07) is 5.57. The molecule has 1 atom stereocenters. The largest absolute Gasteiger partial charge is 0.495 e. The highest BCUT2D eigenvalue weighted by Crippen LogP contribution is 2.45. The molecule has 2 aromatic rings. The number of hydrogen-bond donors (Lipinski definition) is 1. The van der Waals surface area contributed by atoms with E-state index in [0.717, 1.165) is 29.2 Å². The Kier molecular flexibility index (Phi) is 5.20. The molecule has 0 aromatic heterocycles. The second kappa shape index (κ2) is 7.31. The Balaban J connectivity index is 2.24. The van der Waals surface area contributed by atoms with Crippen LogP contribution in [0.5, 0.6) is 5.75 Å². The zero-order valence-corrected chi connectivity index (χ0v) is 15.1. The van der Waals surface area contributed by atoms with Gasteiger partial charge in [-0.1, -0.05) is 12.1 Å². The molecule has 0 radical (unpaired) electrons. The lowest BCUT2D eigenvalue weighted by molar-refractivity contribution is -0.138. The van der Waals surface area contributed by atoms with Crippen molar-refractivity contribution in [2.45, 2.75) is 18.6 Å². The van der Waals surface area contributed by atoms with E-state index in [0.29, 0.717) is 0 Å². The number of ether oxygens (including phenoxy) is 1. The average molecular weight is 417 g/mol. The minimum Gasteiger partial charge on any atom is -0.495 e. The number of rotatable bonds is 4. The van der Waals surface area contributed by atoms with Gasteiger partial charge in [-0.05, 0) is 35.9 Å². The Hall–Kier alpha value is -2.81. The first-order valence-electron chi connectivity index (χ1n) is 7.92. The van der Waals surface area contributed by atoms with Gasteiger partial charge in [-0.15, -0.1) is 0 Å². The first-order chi connectivity index (χ1) is 13.1. The van der Waals surface area contributed by atoms with Crippen molar-refractivity contribution in [1.82, 2.24) is 0 Å². The van der Waals surface area contributed by atoms with Gasteiger partial charge >= 0.3 is 12.1 Å². The molecule has 0 spiro atoms. The maximum Gasteiger partial charge on any atom is 0.416 e. The summed E-state index contributed by atoms with van der Waals surface area (Å²) in [5, 5.41) is 8.93. The van der Waals surface area contributed by atoms with Crippen LogP contribution < -0.4 is 9.64 Å². The summed E-state index contributed by atoms with van der Waals surface area (Å²) in [7, 11) is 1.25. The van der Waals surface area contributed by atoms with E-state index in [-0.39, 0.29) is 28.0 Å². The topological polar surface area (TPSA) is 62.1 Å². The number of hydrogen-bond acceptors (Lipinski definition) is 4. The third-order valence-corrected chi connectivity index (χ3v) is 4.49. The summed E-state index contributed by atoms with van der Waals surface area (Å²) in [6.07, 6.45) is -5.20. The van der Waals surface area contributed by atoms with Crippen LogP contribution in [0, 0.1) is 5.82 Å². The second-order valence-electron chi connectivity index (χ2n) is 5.93. The van der Waals surface area contributed by atoms with Gasteiger partial charge in [0.25, 0.3) is 0 Å². The highest BCUT2D eigenvalue weighted by molar-refractivity contribution is 6.68. The Labute approximate surface area is 161 Å². The number of carbonyl (C=O) groups is 1. The minimum atomic E-state index is -4.65. The first kappa shape index (κ1) is 19.9. The third kappa shape index (κ3) is 3.62. The third-order valence-electron chi connectivity index (χ3n) is 4.23. The van der Waals surface area contributed by atoms with Crippen molar-refractivity contribution in [2.75, 3.05) is 12.0 Å². The fraction of sp³-hybridized carbons (Fsp3) is 0.222. The highest BCUT2D eigenvalue weighted by atomic mass is 35.5. The lowest BCUT2D eigenvalue weighted by atomic mass is 9.97. The smallest absolute Gasteiger partial charge is 0.416 e. The van der Waals surface area contributed by atoms with Crippen molar-refractivity contribution < 1.29 is 32.2 Å². The Morgan fingerprint density at radius 1 is 1.32 bits per heavy atom. The SMILES string of the molecule is COc1ccc(C(F)(F)F)cc1N1C(Cl)=Nc2c(F)cccc2C1CC(=O)O. The Morgan fingerprint density at radius 2 is 2.04 bits per heavy atom. The summed E-state index contributed by atoms with van der Waals surface area (Å²) < 4.78 is 58.9. The molecule has 28 heavy (non-hydrogen) atoms. The molecule has 3 rings (SSSR count). The van der Waals surface area contributed by atoms with Gasteiger partial charge < -0.3 is 14.7 Å². The molecule has 0 saturated heterocycles. The molecule has 5 nitrogen and oxygen atoms in total. The van der Waals surface area contributed by atoms with E-state index in [4.69, 9.17) is 16.3 Å². The van der Waals surface area contributed by atoms with E-state index in [2.05, 4.69) is 4.99 Å². The van der Waals surface area contributed by atoms with Gasteiger partial charge in [0.2, 0.25) is 5.29 Å². The molecule has 1 unspecified atom stereocenters. The standard InChI is InChI=1S/C18H13ClF4N2O3/c1-28-14-6-5-9(18(21,22)23)7-13(14)25-12(8-15(26)27)10-3-2-4-11(20)16(10)24-17(25)19/h2-7,12H,8H2,1H3,(H,26,27). The van der Waals surface area contributed by atoms with Crippen LogP contribution >= 0.6 is 11.6 Å². The fourth-order valence-electron chi connectivity index (χ4n) is 3.02. The molecule has 0 saturated carbocycles. The van der Waals surface area contributed by atoms with Crippen LogP contribution in [0.15, 0.2) is 41.4 Å². The van der Waals surface area contributed by atoms with Crippen molar-refractivity contribution in [3.63, 3.8) is 0 Å². The second-order valence-corrected chi connectivity index (χ2v) is 6.26. The summed E-state index contributed by atoms with van der Waals surface area (Å²) in [5.74, 6) is -1.94. The van der Waals surface area contributed by atoms with Crippen LogP contribution in [0.1, 0.15) is 23.6 Å². The zero-order chi connectivity index (χ0) is 20.6. The zero-order valence-electron chi connectivity index (χ0n) is 14.3. The molecule has 0 fully saturated rings. The molecule has 0 aliphatic carbocycles. The van der Waals surface area contributed by atoms with E-state index in [1.165, 1.54) is 19.2 Å². The number of carboxylic acid groups (broad SMARTS) is 1. The van der Waals surface area contributed by atoms with Crippen molar-refractivity contribution in [3.05, 3.63) is 53.3 Å². The molecule has 10 heteroatoms. The monoisotopic (exact) mass is 416 g/mol. The number of aliphatic imine (C=N–C) groups is 1. The number of anilines is 1. The van der Waals surface area contributed by atoms with Gasteiger partial charge in [-0.2, -0.15) is 13.2 Å². The molecular formula is C18H13ClF4N2O3. The van der Waals surface area contributed by atoms with Crippen molar-refractivity contribution in [2.24, 2.45) is 4.99 Å². The number of methoxy groups -OCH3 is 1. The predicted octanol–water partition coefficient (Wildman–Crippen LogP) is 5.12. The molecular weight excluding hydrogens is 404 g/mol. The predicted molar refractivity (Wildman–Crippen MR) is 94.8 cm³/mol. The lowest BCUT2D eigenvalue weighted by Gasteiger charge is -2.36. The Bertz CT molecular complexity index is 962. The minimum absolute atomic E-state index is 0.0246. The fourth-order valence-corrected chi connectivity index (χ4v) is 3.31. The maximum absolute atomic E-state index is 14.1. The van der Waals surface area contributed by atoms with E-state index >= 15 is 0 Å². The normalized spacial score (nSPS) is 16.4. The number of para-hydroxylation sites is 1. The summed E-state index contributed by atoms with van der Waals surface area (Å²) in [4.78, 5) is 16.4. The van der Waals surface area contributed by atoms with E-state index < -0.39 is 36.0 Å².